The van der Waals surface area contributed by atoms with Crippen LogP contribution in [0, 0.1) is 0 Å². The molecule has 0 unspecified atom stereocenters. The molecule has 1 aliphatic heterocycles. The van der Waals surface area contributed by atoms with Crippen molar-refractivity contribution in [2.45, 2.75) is 18.9 Å². The predicted molar refractivity (Wildman–Crippen MR) is 128 cm³/mol. The number of likely N-dealkylation sites (tertiary alicyclic amines) is 1. The van der Waals surface area contributed by atoms with Gasteiger partial charge in [0, 0.05) is 48.7 Å². The molecule has 1 aromatic carbocycles. The Balaban J connectivity index is 1.50. The Morgan fingerprint density at radius 1 is 1.09 bits per heavy atom. The van der Waals surface area contributed by atoms with Gasteiger partial charge in [-0.3, -0.25) is 19.2 Å². The fraction of sp³-hybridized carbons (Fsp3) is 0.292. The molecule has 172 valence electrons. The molecule has 10 heteroatoms. The van der Waals surface area contributed by atoms with Crippen molar-refractivity contribution in [2.24, 2.45) is 7.05 Å². The molecular formula is C24H23N7O3. The number of methoxy groups -OCH3 is 1. The Labute approximate surface area is 193 Å². The smallest absolute Gasteiger partial charge is 0.409 e. The molecule has 1 amide bonds. The molecule has 0 atom stereocenters. The second-order valence-electron chi connectivity index (χ2n) is 8.66. The average Bonchev–Trinajstić information content (AvgIpc) is 3.45. The number of hydrogen-bond donors (Lipinski definition) is 1. The van der Waals surface area contributed by atoms with Crippen molar-refractivity contribution in [3.63, 3.8) is 0 Å². The molecule has 5 aromatic rings. The summed E-state index contributed by atoms with van der Waals surface area (Å²) in [6.07, 6.45) is 6.36. The van der Waals surface area contributed by atoms with Crippen LogP contribution in [0.5, 0.6) is 0 Å². The number of fused-ring (bicyclic) bond motifs is 4. The highest BCUT2D eigenvalue weighted by Crippen LogP contribution is 2.32. The van der Waals surface area contributed by atoms with Crippen molar-refractivity contribution in [1.82, 2.24) is 34.2 Å². The number of carbonyl (C=O) groups excluding carboxylic acids is 1. The second-order valence-corrected chi connectivity index (χ2v) is 8.66. The first-order valence-electron chi connectivity index (χ1n) is 11.2. The van der Waals surface area contributed by atoms with Crippen LogP contribution in [-0.4, -0.2) is 60.5 Å². The van der Waals surface area contributed by atoms with E-state index in [0.29, 0.717) is 25.9 Å². The molecule has 4 aromatic heterocycles. The Morgan fingerprint density at radius 3 is 2.71 bits per heavy atom. The molecule has 0 radical (unpaired) electrons. The van der Waals surface area contributed by atoms with E-state index < -0.39 is 0 Å². The minimum atomic E-state index is -0.328. The lowest BCUT2D eigenvalue weighted by Gasteiger charge is -2.31. The van der Waals surface area contributed by atoms with Crippen LogP contribution < -0.4 is 5.69 Å². The number of aromatic nitrogens is 6. The van der Waals surface area contributed by atoms with E-state index in [4.69, 9.17) is 4.74 Å². The van der Waals surface area contributed by atoms with E-state index in [9.17, 15) is 9.59 Å². The van der Waals surface area contributed by atoms with E-state index in [0.717, 1.165) is 44.1 Å². The number of piperidine rings is 1. The molecule has 1 fully saturated rings. The van der Waals surface area contributed by atoms with Crippen LogP contribution in [0.25, 0.3) is 44.1 Å². The van der Waals surface area contributed by atoms with Gasteiger partial charge in [0.1, 0.15) is 0 Å². The molecule has 0 saturated carbocycles. The number of hydrogen-bond acceptors (Lipinski definition) is 6. The van der Waals surface area contributed by atoms with Gasteiger partial charge in [0.05, 0.1) is 36.1 Å². The quantitative estimate of drug-likeness (QED) is 0.436. The monoisotopic (exact) mass is 457 g/mol. The van der Waals surface area contributed by atoms with Crippen LogP contribution in [0.1, 0.15) is 18.9 Å². The molecule has 0 bridgehead atoms. The van der Waals surface area contributed by atoms with E-state index in [-0.39, 0.29) is 17.8 Å². The van der Waals surface area contributed by atoms with Crippen LogP contribution in [0.4, 0.5) is 4.79 Å². The Hall–Kier alpha value is -4.21. The summed E-state index contributed by atoms with van der Waals surface area (Å²) in [5, 5.41) is 8.77. The highest BCUT2D eigenvalue weighted by Gasteiger charge is 2.28. The maximum atomic E-state index is 13.3. The van der Waals surface area contributed by atoms with Crippen molar-refractivity contribution < 1.29 is 9.53 Å². The summed E-state index contributed by atoms with van der Waals surface area (Å²) >= 11 is 0. The summed E-state index contributed by atoms with van der Waals surface area (Å²) in [6, 6.07) is 8.10. The number of nitrogens with zero attached hydrogens (tertiary/aromatic N) is 6. The maximum absolute atomic E-state index is 13.3. The van der Waals surface area contributed by atoms with Gasteiger partial charge in [0.15, 0.2) is 5.65 Å². The van der Waals surface area contributed by atoms with Crippen molar-refractivity contribution in [3.05, 3.63) is 53.3 Å². The first-order chi connectivity index (χ1) is 16.5. The van der Waals surface area contributed by atoms with Crippen molar-refractivity contribution in [2.75, 3.05) is 20.2 Å². The fourth-order valence-electron chi connectivity index (χ4n) is 4.98. The number of H-pyrrole nitrogens is 1. The molecule has 1 N–H and O–H groups in total. The van der Waals surface area contributed by atoms with Gasteiger partial charge in [-0.05, 0) is 36.6 Å². The Morgan fingerprint density at radius 2 is 1.91 bits per heavy atom. The zero-order valence-corrected chi connectivity index (χ0v) is 18.9. The lowest BCUT2D eigenvalue weighted by Crippen LogP contribution is -2.40. The number of rotatable bonds is 2. The van der Waals surface area contributed by atoms with Gasteiger partial charge in [-0.1, -0.05) is 6.07 Å². The summed E-state index contributed by atoms with van der Waals surface area (Å²) in [5.41, 5.74) is 5.09. The van der Waals surface area contributed by atoms with Crippen LogP contribution in [0.3, 0.4) is 0 Å². The van der Waals surface area contributed by atoms with Gasteiger partial charge in [0.25, 0.3) is 0 Å². The molecule has 1 aliphatic rings. The fourth-order valence-corrected chi connectivity index (χ4v) is 4.98. The number of aromatic amines is 1. The highest BCUT2D eigenvalue weighted by molar-refractivity contribution is 6.04. The number of benzene rings is 1. The number of imidazole rings is 1. The summed E-state index contributed by atoms with van der Waals surface area (Å²) in [5.74, 6) is 0. The Kier molecular flexibility index (Phi) is 4.61. The standard InChI is InChI=1S/C24H23N7O3/c1-29-20-13-25-19-4-3-14(15-9-16-12-27-28-22(16)26-11-15)10-18(19)21(20)31(23(29)32)17-5-7-30(8-6-17)24(33)34-2/h3-4,9-13,17H,5-8H2,1-2H3,(H,26,27,28). The third-order valence-electron chi connectivity index (χ3n) is 6.80. The molecule has 0 aliphatic carbocycles. The van der Waals surface area contributed by atoms with Crippen LogP contribution >= 0.6 is 0 Å². The number of aryl methyl sites for hydroxylation is 1. The largest absolute Gasteiger partial charge is 0.453 e. The predicted octanol–water partition coefficient (Wildman–Crippen LogP) is 3.23. The summed E-state index contributed by atoms with van der Waals surface area (Å²) in [6.45, 7) is 1.09. The van der Waals surface area contributed by atoms with Gasteiger partial charge in [-0.25, -0.2) is 14.6 Å². The zero-order chi connectivity index (χ0) is 23.4. The van der Waals surface area contributed by atoms with Crippen LogP contribution in [-0.2, 0) is 11.8 Å². The van der Waals surface area contributed by atoms with Gasteiger partial charge in [0.2, 0.25) is 0 Å². The first kappa shape index (κ1) is 20.4. The average molecular weight is 457 g/mol. The van der Waals surface area contributed by atoms with Gasteiger partial charge >= 0.3 is 11.8 Å². The normalized spacial score (nSPS) is 14.9. The molecule has 1 saturated heterocycles. The SMILES string of the molecule is COC(=O)N1CCC(n2c(=O)n(C)c3cnc4ccc(-c5cnc6[nH]ncc6c5)cc4c32)CC1. The van der Waals surface area contributed by atoms with Gasteiger partial charge in [-0.2, -0.15) is 5.10 Å². The van der Waals surface area contributed by atoms with Crippen molar-refractivity contribution in [3.8, 4) is 11.1 Å². The summed E-state index contributed by atoms with van der Waals surface area (Å²) in [7, 11) is 3.17. The van der Waals surface area contributed by atoms with Crippen molar-refractivity contribution >= 4 is 39.1 Å². The zero-order valence-electron chi connectivity index (χ0n) is 18.9. The maximum Gasteiger partial charge on any atom is 0.409 e. The first-order valence-corrected chi connectivity index (χ1v) is 11.2. The summed E-state index contributed by atoms with van der Waals surface area (Å²) in [4.78, 5) is 36.0. The van der Waals surface area contributed by atoms with Gasteiger partial charge in [-0.15, -0.1) is 0 Å². The number of nitrogens with one attached hydrogen (secondary N) is 1. The minimum Gasteiger partial charge on any atom is -0.453 e. The molecule has 6 rings (SSSR count). The van der Waals surface area contributed by atoms with E-state index in [1.807, 2.05) is 29.0 Å². The third-order valence-corrected chi connectivity index (χ3v) is 6.80. The number of carbonyl (C=O) groups is 1. The Bertz CT molecular complexity index is 1620. The number of ether oxygens (including phenoxy) is 1. The molecule has 10 nitrogen and oxygen atoms in total. The van der Waals surface area contributed by atoms with E-state index in [2.05, 4.69) is 26.2 Å². The van der Waals surface area contributed by atoms with Crippen LogP contribution in [0.2, 0.25) is 0 Å². The van der Waals surface area contributed by atoms with Crippen molar-refractivity contribution in [1.29, 1.82) is 0 Å². The van der Waals surface area contributed by atoms with E-state index >= 15 is 0 Å². The number of pyridine rings is 2. The van der Waals surface area contributed by atoms with Gasteiger partial charge < -0.3 is 9.64 Å². The molecule has 34 heavy (non-hydrogen) atoms. The highest BCUT2D eigenvalue weighted by atomic mass is 16.5. The molecular weight excluding hydrogens is 434 g/mol. The lowest BCUT2D eigenvalue weighted by atomic mass is 10.0. The topological polar surface area (TPSA) is 111 Å². The molecule has 5 heterocycles. The molecule has 0 spiro atoms. The van der Waals surface area contributed by atoms with Crippen LogP contribution in [0.15, 0.2) is 47.7 Å². The minimum absolute atomic E-state index is 0.0182. The second kappa shape index (κ2) is 7.68. The van der Waals surface area contributed by atoms with E-state index in [1.54, 1.807) is 28.9 Å². The summed E-state index contributed by atoms with van der Waals surface area (Å²) < 4.78 is 8.40. The van der Waals surface area contributed by atoms with E-state index in [1.165, 1.54) is 7.11 Å². The third kappa shape index (κ3) is 3.06. The number of amides is 1. The lowest BCUT2D eigenvalue weighted by molar-refractivity contribution is 0.107.